The van der Waals surface area contributed by atoms with Crippen LogP contribution in [0.25, 0.3) is 22.2 Å². The summed E-state index contributed by atoms with van der Waals surface area (Å²) in [6.45, 7) is 2.11. The van der Waals surface area contributed by atoms with E-state index < -0.39 is 0 Å². The summed E-state index contributed by atoms with van der Waals surface area (Å²) in [6.07, 6.45) is 3.27. The molecule has 4 nitrogen and oxygen atoms in total. The van der Waals surface area contributed by atoms with E-state index in [1.165, 1.54) is 0 Å². The van der Waals surface area contributed by atoms with Crippen LogP contribution in [0.5, 0.6) is 0 Å². The Morgan fingerprint density at radius 3 is 2.67 bits per heavy atom. The van der Waals surface area contributed by atoms with Crippen LogP contribution in [0.4, 0.5) is 0 Å². The molecule has 21 heavy (non-hydrogen) atoms. The Labute approximate surface area is 122 Å². The molecule has 3 rings (SSSR count). The van der Waals surface area contributed by atoms with Crippen LogP contribution in [0.1, 0.15) is 17.3 Å². The maximum Gasteiger partial charge on any atom is 0.340 e. The van der Waals surface area contributed by atoms with Crippen LogP contribution in [0.3, 0.4) is 0 Å². The molecule has 0 unspecified atom stereocenters. The number of aromatic nitrogens is 2. The summed E-state index contributed by atoms with van der Waals surface area (Å²) in [6, 6.07) is 13.3. The molecular weight excluding hydrogens is 264 g/mol. The Bertz CT molecular complexity index is 785. The first-order chi connectivity index (χ1) is 10.3. The fourth-order valence-corrected chi connectivity index (χ4v) is 2.29. The van der Waals surface area contributed by atoms with Crippen molar-refractivity contribution >= 4 is 16.9 Å². The lowest BCUT2D eigenvalue weighted by molar-refractivity contribution is 0.0527. The Morgan fingerprint density at radius 1 is 1.10 bits per heavy atom. The van der Waals surface area contributed by atoms with Gasteiger partial charge in [0.05, 0.1) is 23.4 Å². The van der Waals surface area contributed by atoms with Gasteiger partial charge in [0.15, 0.2) is 0 Å². The molecule has 1 aromatic carbocycles. The van der Waals surface area contributed by atoms with Gasteiger partial charge in [-0.1, -0.05) is 24.3 Å². The van der Waals surface area contributed by atoms with E-state index in [1.54, 1.807) is 19.3 Å². The third kappa shape index (κ3) is 2.48. The number of carbonyl (C=O) groups is 1. The van der Waals surface area contributed by atoms with Crippen molar-refractivity contribution in [1.29, 1.82) is 0 Å². The van der Waals surface area contributed by atoms with E-state index >= 15 is 0 Å². The van der Waals surface area contributed by atoms with E-state index in [9.17, 15) is 4.79 Å². The Hall–Kier alpha value is -2.75. The zero-order chi connectivity index (χ0) is 14.7. The van der Waals surface area contributed by atoms with Gasteiger partial charge in [0.2, 0.25) is 0 Å². The van der Waals surface area contributed by atoms with Gasteiger partial charge in [-0.05, 0) is 25.1 Å². The molecule has 0 N–H and O–H groups in total. The molecule has 0 aliphatic heterocycles. The fraction of sp³-hybridized carbons (Fsp3) is 0.118. The predicted octanol–water partition coefficient (Wildman–Crippen LogP) is 3.47. The Morgan fingerprint density at radius 2 is 1.90 bits per heavy atom. The maximum absolute atomic E-state index is 12.2. The van der Waals surface area contributed by atoms with Gasteiger partial charge in [-0.25, -0.2) is 4.79 Å². The van der Waals surface area contributed by atoms with E-state index in [2.05, 4.69) is 9.97 Å². The van der Waals surface area contributed by atoms with E-state index in [1.807, 2.05) is 42.5 Å². The molecule has 0 radical (unpaired) electrons. The number of benzene rings is 1. The van der Waals surface area contributed by atoms with Gasteiger partial charge in [-0.2, -0.15) is 0 Å². The summed E-state index contributed by atoms with van der Waals surface area (Å²) < 4.78 is 5.13. The van der Waals surface area contributed by atoms with Crippen molar-refractivity contribution in [3.8, 4) is 11.3 Å². The number of pyridine rings is 2. The van der Waals surface area contributed by atoms with Gasteiger partial charge in [0.1, 0.15) is 0 Å². The molecule has 2 aromatic heterocycles. The molecule has 0 saturated carbocycles. The summed E-state index contributed by atoms with van der Waals surface area (Å²) >= 11 is 0. The predicted molar refractivity (Wildman–Crippen MR) is 80.9 cm³/mol. The minimum atomic E-state index is -0.378. The first kappa shape index (κ1) is 13.2. The summed E-state index contributed by atoms with van der Waals surface area (Å²) in [5.41, 5.74) is 2.76. The standard InChI is InChI=1S/C17H14N2O2/c1-2-21-17(20)13-11-19-14-8-4-3-7-12(14)16(13)15-9-5-6-10-18-15/h3-11H,2H2,1H3. The second-order valence-corrected chi connectivity index (χ2v) is 4.50. The van der Waals surface area contributed by atoms with Crippen molar-refractivity contribution in [2.24, 2.45) is 0 Å². The van der Waals surface area contributed by atoms with Crippen LogP contribution in [0.15, 0.2) is 54.9 Å². The second-order valence-electron chi connectivity index (χ2n) is 4.50. The number of fused-ring (bicyclic) bond motifs is 1. The highest BCUT2D eigenvalue weighted by atomic mass is 16.5. The normalized spacial score (nSPS) is 10.5. The first-order valence-electron chi connectivity index (χ1n) is 6.77. The van der Waals surface area contributed by atoms with Crippen molar-refractivity contribution in [3.05, 3.63) is 60.4 Å². The SMILES string of the molecule is CCOC(=O)c1cnc2ccccc2c1-c1ccccn1. The summed E-state index contributed by atoms with van der Waals surface area (Å²) in [7, 11) is 0. The maximum atomic E-state index is 12.2. The van der Waals surface area contributed by atoms with Crippen molar-refractivity contribution in [2.45, 2.75) is 6.92 Å². The number of hydrogen-bond donors (Lipinski definition) is 0. The van der Waals surface area contributed by atoms with Crippen LogP contribution in [0, 0.1) is 0 Å². The highest BCUT2D eigenvalue weighted by Crippen LogP contribution is 2.30. The lowest BCUT2D eigenvalue weighted by atomic mass is 10.00. The molecule has 0 aliphatic carbocycles. The van der Waals surface area contributed by atoms with Gasteiger partial charge < -0.3 is 4.74 Å². The second kappa shape index (κ2) is 5.71. The highest BCUT2D eigenvalue weighted by molar-refractivity contribution is 6.06. The molecule has 104 valence electrons. The molecule has 0 amide bonds. The molecule has 0 bridgehead atoms. The third-order valence-electron chi connectivity index (χ3n) is 3.19. The first-order valence-corrected chi connectivity index (χ1v) is 6.77. The van der Waals surface area contributed by atoms with Crippen molar-refractivity contribution in [2.75, 3.05) is 6.61 Å². The summed E-state index contributed by atoms with van der Waals surface area (Å²) in [5.74, 6) is -0.378. The van der Waals surface area contributed by atoms with Crippen LogP contribution >= 0.6 is 0 Å². The lowest BCUT2D eigenvalue weighted by Gasteiger charge is -2.11. The summed E-state index contributed by atoms with van der Waals surface area (Å²) in [4.78, 5) is 20.9. The molecule has 0 aliphatic rings. The summed E-state index contributed by atoms with van der Waals surface area (Å²) in [5, 5.41) is 0.891. The molecule has 0 atom stereocenters. The monoisotopic (exact) mass is 278 g/mol. The smallest absolute Gasteiger partial charge is 0.340 e. The van der Waals surface area contributed by atoms with Gasteiger partial charge in [-0.3, -0.25) is 9.97 Å². The average Bonchev–Trinajstić information content (AvgIpc) is 2.55. The quantitative estimate of drug-likeness (QED) is 0.688. The number of esters is 1. The van der Waals surface area contributed by atoms with Crippen LogP contribution in [0.2, 0.25) is 0 Å². The molecule has 2 heterocycles. The Kier molecular flexibility index (Phi) is 3.60. The van der Waals surface area contributed by atoms with Gasteiger partial charge in [0, 0.05) is 23.3 Å². The fourth-order valence-electron chi connectivity index (χ4n) is 2.29. The van der Waals surface area contributed by atoms with Gasteiger partial charge >= 0.3 is 5.97 Å². The molecule has 3 aromatic rings. The topological polar surface area (TPSA) is 52.1 Å². The van der Waals surface area contributed by atoms with Crippen LogP contribution < -0.4 is 0 Å². The van der Waals surface area contributed by atoms with Crippen LogP contribution in [-0.4, -0.2) is 22.5 Å². The zero-order valence-corrected chi connectivity index (χ0v) is 11.6. The number of carbonyl (C=O) groups excluding carboxylic acids is 1. The lowest BCUT2D eigenvalue weighted by Crippen LogP contribution is -2.08. The third-order valence-corrected chi connectivity index (χ3v) is 3.19. The number of rotatable bonds is 3. The number of nitrogens with zero attached hydrogens (tertiary/aromatic N) is 2. The van der Waals surface area contributed by atoms with Crippen molar-refractivity contribution < 1.29 is 9.53 Å². The van der Waals surface area contributed by atoms with Gasteiger partial charge in [0.25, 0.3) is 0 Å². The molecule has 4 heteroatoms. The van der Waals surface area contributed by atoms with E-state index in [-0.39, 0.29) is 5.97 Å². The Balaban J connectivity index is 2.31. The average molecular weight is 278 g/mol. The van der Waals surface area contributed by atoms with Gasteiger partial charge in [-0.15, -0.1) is 0 Å². The molecule has 0 fully saturated rings. The van der Waals surface area contributed by atoms with E-state index in [0.29, 0.717) is 12.2 Å². The zero-order valence-electron chi connectivity index (χ0n) is 11.6. The van der Waals surface area contributed by atoms with Crippen molar-refractivity contribution in [1.82, 2.24) is 9.97 Å². The molecular formula is C17H14N2O2. The number of para-hydroxylation sites is 1. The largest absolute Gasteiger partial charge is 0.462 e. The van der Waals surface area contributed by atoms with Crippen LogP contribution in [-0.2, 0) is 4.74 Å². The molecule has 0 saturated heterocycles. The number of hydrogen-bond acceptors (Lipinski definition) is 4. The highest BCUT2D eigenvalue weighted by Gasteiger charge is 2.18. The minimum absolute atomic E-state index is 0.327. The molecule has 0 spiro atoms. The number of ether oxygens (including phenoxy) is 1. The van der Waals surface area contributed by atoms with E-state index in [0.717, 1.165) is 22.2 Å². The van der Waals surface area contributed by atoms with Crippen molar-refractivity contribution in [3.63, 3.8) is 0 Å². The van der Waals surface area contributed by atoms with E-state index in [4.69, 9.17) is 4.74 Å². The minimum Gasteiger partial charge on any atom is -0.462 e.